The van der Waals surface area contributed by atoms with Gasteiger partial charge in [0.15, 0.2) is 11.5 Å². The van der Waals surface area contributed by atoms with E-state index in [1.54, 1.807) is 49.6 Å². The van der Waals surface area contributed by atoms with Gasteiger partial charge >= 0.3 is 0 Å². The van der Waals surface area contributed by atoms with Crippen molar-refractivity contribution < 1.29 is 14.3 Å². The summed E-state index contributed by atoms with van der Waals surface area (Å²) in [6, 6.07) is 21.8. The molecule has 0 saturated heterocycles. The van der Waals surface area contributed by atoms with Crippen LogP contribution in [-0.2, 0) is 0 Å². The van der Waals surface area contributed by atoms with Crippen LogP contribution >= 0.6 is 0 Å². The molecule has 3 rings (SSSR count). The fourth-order valence-corrected chi connectivity index (χ4v) is 4.21. The molecule has 1 N–H and O–H groups in total. The monoisotopic (exact) mass is 489 g/mol. The van der Waals surface area contributed by atoms with E-state index in [0.717, 1.165) is 17.7 Å². The van der Waals surface area contributed by atoms with Gasteiger partial charge in [-0.3, -0.25) is 9.69 Å². The minimum absolute atomic E-state index is 0.265. The van der Waals surface area contributed by atoms with Gasteiger partial charge in [0, 0.05) is 35.9 Å². The summed E-state index contributed by atoms with van der Waals surface area (Å²) in [5.41, 5.74) is 2.60. The van der Waals surface area contributed by atoms with Crippen molar-refractivity contribution in [3.05, 3.63) is 94.4 Å². The molecule has 3 aromatic rings. The first kappa shape index (κ1) is 26.9. The highest BCUT2D eigenvalue weighted by molar-refractivity contribution is 6.04. The molecule has 1 atom stereocenters. The fourth-order valence-electron chi connectivity index (χ4n) is 4.21. The number of anilines is 1. The first-order valence-corrected chi connectivity index (χ1v) is 12.2. The minimum Gasteiger partial charge on any atom is -0.493 e. The third-order valence-electron chi connectivity index (χ3n) is 6.06. The second-order valence-corrected chi connectivity index (χ2v) is 9.13. The van der Waals surface area contributed by atoms with Crippen LogP contribution in [0.2, 0.25) is 0 Å². The Labute approximate surface area is 213 Å². The normalized spacial score (nSPS) is 12.0. The summed E-state index contributed by atoms with van der Waals surface area (Å²) in [5, 5.41) is 6.18. The quantitative estimate of drug-likeness (QED) is 0.302. The van der Waals surface area contributed by atoms with Crippen LogP contribution < -0.4 is 14.8 Å². The highest BCUT2D eigenvalue weighted by atomic mass is 16.5. The van der Waals surface area contributed by atoms with E-state index in [1.165, 1.54) is 0 Å². The molecule has 0 aliphatic carbocycles. The molecule has 0 aromatic heterocycles. The molecule has 7 nitrogen and oxygen atoms in total. The highest BCUT2D eigenvalue weighted by Gasteiger charge is 2.17. The maximum atomic E-state index is 12.9. The van der Waals surface area contributed by atoms with E-state index in [-0.39, 0.29) is 5.91 Å². The van der Waals surface area contributed by atoms with Crippen LogP contribution in [-0.4, -0.2) is 43.2 Å². The summed E-state index contributed by atoms with van der Waals surface area (Å²) in [4.78, 5) is 26.7. The van der Waals surface area contributed by atoms with Crippen LogP contribution in [0.3, 0.4) is 0 Å². The molecule has 190 valence electrons. The fraction of sp³-hybridized carbons (Fsp3) is 0.345. The number of hydrogen-bond donors (Lipinski definition) is 1. The number of benzene rings is 3. The predicted molar refractivity (Wildman–Crippen MR) is 144 cm³/mol. The summed E-state index contributed by atoms with van der Waals surface area (Å²) in [7, 11) is 1.59. The number of hydrogen-bond acceptors (Lipinski definition) is 6. The van der Waals surface area contributed by atoms with E-state index < -0.39 is 6.04 Å². The molecule has 36 heavy (non-hydrogen) atoms. The third-order valence-corrected chi connectivity index (χ3v) is 6.06. The van der Waals surface area contributed by atoms with E-state index in [2.05, 4.69) is 43.1 Å². The van der Waals surface area contributed by atoms with Gasteiger partial charge in [-0.25, -0.2) is 0 Å². The van der Waals surface area contributed by atoms with Gasteiger partial charge in [-0.05, 0) is 63.1 Å². The van der Waals surface area contributed by atoms with Gasteiger partial charge in [0.25, 0.3) is 5.91 Å². The molecule has 7 heteroatoms. The lowest BCUT2D eigenvalue weighted by molar-refractivity contribution is 0.102. The molecular weight excluding hydrogens is 454 g/mol. The Morgan fingerprint density at radius 2 is 1.53 bits per heavy atom. The van der Waals surface area contributed by atoms with Gasteiger partial charge in [0.05, 0.1) is 7.11 Å². The van der Waals surface area contributed by atoms with Gasteiger partial charge in [0.1, 0.15) is 12.6 Å². The third kappa shape index (κ3) is 6.92. The summed E-state index contributed by atoms with van der Waals surface area (Å²) in [6.45, 7) is 9.95. The van der Waals surface area contributed by atoms with Gasteiger partial charge in [-0.15, -0.1) is 4.91 Å². The number of nitroso groups, excluding NO2 is 1. The smallest absolute Gasteiger partial charge is 0.255 e. The van der Waals surface area contributed by atoms with Crippen molar-refractivity contribution in [1.82, 2.24) is 4.90 Å². The first-order valence-electron chi connectivity index (χ1n) is 12.2. The molecule has 0 fully saturated rings. The summed E-state index contributed by atoms with van der Waals surface area (Å²) in [6.07, 6.45) is 0. The number of nitrogens with one attached hydrogen (secondary N) is 1. The Kier molecular flexibility index (Phi) is 9.59. The van der Waals surface area contributed by atoms with E-state index in [9.17, 15) is 9.70 Å². The molecule has 1 unspecified atom stereocenters. The van der Waals surface area contributed by atoms with E-state index in [1.807, 2.05) is 30.3 Å². The number of nitrogens with zero attached hydrogens (tertiary/aromatic N) is 2. The topological polar surface area (TPSA) is 80.2 Å². The van der Waals surface area contributed by atoms with Crippen LogP contribution in [0.25, 0.3) is 0 Å². The second-order valence-electron chi connectivity index (χ2n) is 9.13. The van der Waals surface area contributed by atoms with Gasteiger partial charge in [0.2, 0.25) is 0 Å². The zero-order valence-electron chi connectivity index (χ0n) is 21.6. The summed E-state index contributed by atoms with van der Waals surface area (Å²) < 4.78 is 11.5. The molecule has 0 bridgehead atoms. The van der Waals surface area contributed by atoms with Gasteiger partial charge < -0.3 is 14.8 Å². The zero-order valence-corrected chi connectivity index (χ0v) is 21.6. The van der Waals surface area contributed by atoms with Crippen LogP contribution in [0, 0.1) is 4.91 Å². The molecule has 0 radical (unpaired) electrons. The number of rotatable bonds is 12. The molecule has 0 saturated carbocycles. The SMILES string of the molecule is COc1ccc(NC(=O)c2ccc(C(N=O)c3ccccc3)cc2)cc1OCCN(C(C)C)C(C)C. The lowest BCUT2D eigenvalue weighted by Crippen LogP contribution is -2.39. The molecule has 1 amide bonds. The van der Waals surface area contributed by atoms with Crippen molar-refractivity contribution in [1.29, 1.82) is 0 Å². The molecule has 0 aliphatic heterocycles. The van der Waals surface area contributed by atoms with Crippen molar-refractivity contribution >= 4 is 11.6 Å². The van der Waals surface area contributed by atoms with Crippen molar-refractivity contribution in [2.45, 2.75) is 45.8 Å². The van der Waals surface area contributed by atoms with Gasteiger partial charge in [-0.1, -0.05) is 47.6 Å². The second kappa shape index (κ2) is 12.8. The maximum Gasteiger partial charge on any atom is 0.255 e. The molecule has 0 heterocycles. The standard InChI is InChI=1S/C29H35N3O4/c1-20(2)32(21(3)4)17-18-36-27-19-25(15-16-26(27)35-5)30-29(33)24-13-11-23(12-14-24)28(31-34)22-9-7-6-8-10-22/h6-16,19-21,28H,17-18H2,1-5H3,(H,30,33). The highest BCUT2D eigenvalue weighted by Crippen LogP contribution is 2.31. The van der Waals surface area contributed by atoms with Crippen LogP contribution in [0.1, 0.15) is 55.2 Å². The van der Waals surface area contributed by atoms with Crippen LogP contribution in [0.5, 0.6) is 11.5 Å². The van der Waals surface area contributed by atoms with E-state index in [4.69, 9.17) is 9.47 Å². The Balaban J connectivity index is 1.68. The van der Waals surface area contributed by atoms with Crippen molar-refractivity contribution in [3.63, 3.8) is 0 Å². The van der Waals surface area contributed by atoms with Crippen LogP contribution in [0.4, 0.5) is 5.69 Å². The molecular formula is C29H35N3O4. The number of carbonyl (C=O) groups is 1. The van der Waals surface area contributed by atoms with Crippen molar-refractivity contribution in [3.8, 4) is 11.5 Å². The molecule has 0 spiro atoms. The minimum atomic E-state index is -0.619. The predicted octanol–water partition coefficient (Wildman–Crippen LogP) is 6.30. The Morgan fingerprint density at radius 3 is 2.11 bits per heavy atom. The largest absolute Gasteiger partial charge is 0.493 e. The molecule has 0 aliphatic rings. The Hall–Kier alpha value is -3.71. The number of carbonyl (C=O) groups excluding carboxylic acids is 1. The number of amides is 1. The Bertz CT molecular complexity index is 1120. The summed E-state index contributed by atoms with van der Waals surface area (Å²) >= 11 is 0. The lowest BCUT2D eigenvalue weighted by Gasteiger charge is -2.30. The average Bonchev–Trinajstić information content (AvgIpc) is 2.87. The number of methoxy groups -OCH3 is 1. The van der Waals surface area contributed by atoms with Gasteiger partial charge in [-0.2, -0.15) is 0 Å². The van der Waals surface area contributed by atoms with E-state index >= 15 is 0 Å². The van der Waals surface area contributed by atoms with Crippen molar-refractivity contribution in [2.75, 3.05) is 25.6 Å². The number of ether oxygens (including phenoxy) is 2. The van der Waals surface area contributed by atoms with Crippen molar-refractivity contribution in [2.24, 2.45) is 5.18 Å². The maximum absolute atomic E-state index is 12.9. The van der Waals surface area contributed by atoms with Crippen LogP contribution in [0.15, 0.2) is 78.0 Å². The average molecular weight is 490 g/mol. The zero-order chi connectivity index (χ0) is 26.1. The Morgan fingerprint density at radius 1 is 0.889 bits per heavy atom. The summed E-state index contributed by atoms with van der Waals surface area (Å²) in [5.74, 6) is 0.908. The first-order chi connectivity index (χ1) is 17.3. The lowest BCUT2D eigenvalue weighted by atomic mass is 9.98. The molecule has 3 aromatic carbocycles. The van der Waals surface area contributed by atoms with E-state index in [0.29, 0.717) is 41.4 Å².